The van der Waals surface area contributed by atoms with Crippen molar-refractivity contribution >= 4 is 11.9 Å². The number of imide groups is 1. The van der Waals surface area contributed by atoms with Gasteiger partial charge in [-0.2, -0.15) is 0 Å². The Hall–Kier alpha value is -1.24. The molecular formula is C14H21F2N3O2. The van der Waals surface area contributed by atoms with Crippen molar-refractivity contribution in [2.24, 2.45) is 5.92 Å². The second-order valence-corrected chi connectivity index (χ2v) is 6.53. The molecule has 3 rings (SSSR count). The minimum Gasteiger partial charge on any atom is -0.312 e. The first-order chi connectivity index (χ1) is 9.78. The molecule has 0 aromatic rings. The predicted octanol–water partition coefficient (Wildman–Crippen LogP) is 1.39. The smallest absolute Gasteiger partial charge is 0.312 e. The molecule has 2 heterocycles. The molecule has 3 fully saturated rings. The number of hydrogen-bond donors (Lipinski definition) is 0. The molecule has 2 aliphatic heterocycles. The number of amides is 3. The van der Waals surface area contributed by atoms with Crippen LogP contribution in [0.5, 0.6) is 0 Å². The van der Waals surface area contributed by atoms with E-state index in [0.717, 1.165) is 0 Å². The largest absolute Gasteiger partial charge is 0.327 e. The van der Waals surface area contributed by atoms with Crippen LogP contribution < -0.4 is 0 Å². The molecule has 0 aromatic heterocycles. The van der Waals surface area contributed by atoms with Crippen LogP contribution in [-0.2, 0) is 4.79 Å². The van der Waals surface area contributed by atoms with E-state index in [1.165, 1.54) is 11.9 Å². The first-order valence-electron chi connectivity index (χ1n) is 7.44. The molecule has 1 saturated carbocycles. The van der Waals surface area contributed by atoms with E-state index in [-0.39, 0.29) is 18.4 Å². The summed E-state index contributed by atoms with van der Waals surface area (Å²) in [6.45, 7) is 2.00. The molecule has 0 aromatic carbocycles. The summed E-state index contributed by atoms with van der Waals surface area (Å²) in [5.74, 6) is -3.05. The van der Waals surface area contributed by atoms with Gasteiger partial charge in [0.1, 0.15) is 5.54 Å². The van der Waals surface area contributed by atoms with Crippen LogP contribution in [0.4, 0.5) is 13.6 Å². The fourth-order valence-corrected chi connectivity index (χ4v) is 3.57. The summed E-state index contributed by atoms with van der Waals surface area (Å²) >= 11 is 0. The highest BCUT2D eigenvalue weighted by atomic mass is 19.3. The number of urea groups is 1. The summed E-state index contributed by atoms with van der Waals surface area (Å²) in [7, 11) is 3.18. The maximum Gasteiger partial charge on any atom is 0.327 e. The van der Waals surface area contributed by atoms with Crippen molar-refractivity contribution in [1.82, 2.24) is 14.7 Å². The molecule has 0 radical (unpaired) electrons. The van der Waals surface area contributed by atoms with Gasteiger partial charge in [0.15, 0.2) is 0 Å². The van der Waals surface area contributed by atoms with Crippen molar-refractivity contribution in [1.29, 1.82) is 0 Å². The number of alkyl halides is 2. The number of carbonyl (C=O) groups excluding carboxylic acids is 2. The molecule has 5 nitrogen and oxygen atoms in total. The van der Waals surface area contributed by atoms with Gasteiger partial charge in [0, 0.05) is 39.5 Å². The Morgan fingerprint density at radius 2 is 1.76 bits per heavy atom. The summed E-state index contributed by atoms with van der Waals surface area (Å²) in [4.78, 5) is 29.1. The van der Waals surface area contributed by atoms with Gasteiger partial charge in [-0.15, -0.1) is 0 Å². The monoisotopic (exact) mass is 301 g/mol. The van der Waals surface area contributed by atoms with E-state index in [9.17, 15) is 18.4 Å². The van der Waals surface area contributed by atoms with Gasteiger partial charge in [-0.05, 0) is 25.8 Å². The minimum atomic E-state index is -2.45. The fraction of sp³-hybridized carbons (Fsp3) is 0.857. The van der Waals surface area contributed by atoms with Crippen molar-refractivity contribution < 1.29 is 18.4 Å². The summed E-state index contributed by atoms with van der Waals surface area (Å²) in [5, 5.41) is 0. The van der Waals surface area contributed by atoms with Crippen LogP contribution >= 0.6 is 0 Å². The number of nitrogens with zero attached hydrogens (tertiary/aromatic N) is 3. The van der Waals surface area contributed by atoms with Gasteiger partial charge in [-0.1, -0.05) is 0 Å². The highest BCUT2D eigenvalue weighted by molar-refractivity contribution is 6.06. The summed E-state index contributed by atoms with van der Waals surface area (Å²) < 4.78 is 25.7. The average molecular weight is 301 g/mol. The number of likely N-dealkylation sites (tertiary alicyclic amines) is 1. The molecule has 1 spiro atoms. The number of carbonyl (C=O) groups is 2. The number of hydrogen-bond acceptors (Lipinski definition) is 3. The lowest BCUT2D eigenvalue weighted by molar-refractivity contribution is -0.134. The lowest BCUT2D eigenvalue weighted by Crippen LogP contribution is -2.55. The van der Waals surface area contributed by atoms with E-state index in [2.05, 4.69) is 4.90 Å². The molecule has 118 valence electrons. The SMILES string of the molecule is CN1C(=O)N(C)C2(CCN(CC[C@H]3CC3(F)F)CC2)C1=O. The fourth-order valence-electron chi connectivity index (χ4n) is 3.57. The third-order valence-corrected chi connectivity index (χ3v) is 5.35. The van der Waals surface area contributed by atoms with Crippen molar-refractivity contribution in [2.45, 2.75) is 37.1 Å². The Balaban J connectivity index is 1.55. The van der Waals surface area contributed by atoms with Crippen LogP contribution in [-0.4, -0.2) is 71.8 Å². The average Bonchev–Trinajstić information content (AvgIpc) is 3.05. The second-order valence-electron chi connectivity index (χ2n) is 6.53. The highest BCUT2D eigenvalue weighted by Crippen LogP contribution is 2.50. The maximum absolute atomic E-state index is 12.9. The topological polar surface area (TPSA) is 43.9 Å². The third-order valence-electron chi connectivity index (χ3n) is 5.35. The van der Waals surface area contributed by atoms with Crippen LogP contribution in [0.3, 0.4) is 0 Å². The van der Waals surface area contributed by atoms with Gasteiger partial charge in [-0.25, -0.2) is 13.6 Å². The van der Waals surface area contributed by atoms with Gasteiger partial charge < -0.3 is 9.80 Å². The van der Waals surface area contributed by atoms with E-state index in [0.29, 0.717) is 38.9 Å². The zero-order chi connectivity index (χ0) is 15.4. The van der Waals surface area contributed by atoms with Gasteiger partial charge in [0.25, 0.3) is 11.8 Å². The van der Waals surface area contributed by atoms with Crippen molar-refractivity contribution in [3.05, 3.63) is 0 Å². The lowest BCUT2D eigenvalue weighted by Gasteiger charge is -2.40. The first kappa shape index (κ1) is 14.7. The molecule has 2 saturated heterocycles. The minimum absolute atomic E-state index is 0.0191. The molecular weight excluding hydrogens is 280 g/mol. The van der Waals surface area contributed by atoms with Gasteiger partial charge in [0.05, 0.1) is 0 Å². The Labute approximate surface area is 122 Å². The molecule has 7 heteroatoms. The van der Waals surface area contributed by atoms with E-state index in [1.54, 1.807) is 11.9 Å². The van der Waals surface area contributed by atoms with Crippen LogP contribution in [0.1, 0.15) is 25.7 Å². The molecule has 0 N–H and O–H groups in total. The maximum atomic E-state index is 12.9. The zero-order valence-corrected chi connectivity index (χ0v) is 12.4. The second kappa shape index (κ2) is 4.63. The summed E-state index contributed by atoms with van der Waals surface area (Å²) in [5.41, 5.74) is -0.716. The molecule has 1 aliphatic carbocycles. The van der Waals surface area contributed by atoms with E-state index >= 15 is 0 Å². The number of rotatable bonds is 3. The van der Waals surface area contributed by atoms with Crippen molar-refractivity contribution in [2.75, 3.05) is 33.7 Å². The van der Waals surface area contributed by atoms with E-state index in [4.69, 9.17) is 0 Å². The van der Waals surface area contributed by atoms with Gasteiger partial charge >= 0.3 is 6.03 Å². The molecule has 0 bridgehead atoms. The van der Waals surface area contributed by atoms with Crippen LogP contribution in [0, 0.1) is 5.92 Å². The molecule has 0 unspecified atom stereocenters. The molecule has 21 heavy (non-hydrogen) atoms. The zero-order valence-electron chi connectivity index (χ0n) is 12.4. The Morgan fingerprint density at radius 3 is 2.19 bits per heavy atom. The van der Waals surface area contributed by atoms with E-state index in [1.807, 2.05) is 0 Å². The molecule has 3 amide bonds. The Morgan fingerprint density at radius 1 is 1.19 bits per heavy atom. The van der Waals surface area contributed by atoms with Crippen LogP contribution in [0.15, 0.2) is 0 Å². The normalized spacial score (nSPS) is 31.3. The standard InChI is InChI=1S/C14H21F2N3O2/c1-17-11(20)13(18(2)12(17)21)4-7-19(8-5-13)6-3-10-9-14(10,15)16/h10H,3-9H2,1-2H3/t10-/m0/s1. The predicted molar refractivity (Wildman–Crippen MR) is 72.0 cm³/mol. The number of halogens is 2. The van der Waals surface area contributed by atoms with Crippen LogP contribution in [0.2, 0.25) is 0 Å². The quantitative estimate of drug-likeness (QED) is 0.740. The van der Waals surface area contributed by atoms with Crippen molar-refractivity contribution in [3.8, 4) is 0 Å². The Bertz CT molecular complexity index is 475. The van der Waals surface area contributed by atoms with E-state index < -0.39 is 17.4 Å². The number of piperidine rings is 1. The first-order valence-corrected chi connectivity index (χ1v) is 7.44. The molecule has 1 atom stereocenters. The summed E-state index contributed by atoms with van der Waals surface area (Å²) in [6.07, 6.45) is 1.70. The van der Waals surface area contributed by atoms with Gasteiger partial charge in [0.2, 0.25) is 0 Å². The van der Waals surface area contributed by atoms with Crippen molar-refractivity contribution in [3.63, 3.8) is 0 Å². The summed E-state index contributed by atoms with van der Waals surface area (Å²) in [6, 6.07) is -0.258. The molecule has 3 aliphatic rings. The highest BCUT2D eigenvalue weighted by Gasteiger charge is 2.57. The van der Waals surface area contributed by atoms with Gasteiger partial charge in [-0.3, -0.25) is 9.69 Å². The third kappa shape index (κ3) is 2.22. The number of likely N-dealkylation sites (N-methyl/N-ethyl adjacent to an activating group) is 2. The Kier molecular flexibility index (Phi) is 3.24. The van der Waals surface area contributed by atoms with Crippen LogP contribution in [0.25, 0.3) is 0 Å². The lowest BCUT2D eigenvalue weighted by atomic mass is 9.86.